The fourth-order valence-corrected chi connectivity index (χ4v) is 2.28. The number of fused-ring (bicyclic) bond motifs is 1. The molecule has 0 bridgehead atoms. The molecule has 0 spiro atoms. The summed E-state index contributed by atoms with van der Waals surface area (Å²) in [4.78, 5) is 22.6. The van der Waals surface area contributed by atoms with Crippen molar-refractivity contribution in [2.45, 2.75) is 6.92 Å². The van der Waals surface area contributed by atoms with Crippen molar-refractivity contribution in [3.63, 3.8) is 0 Å². The van der Waals surface area contributed by atoms with E-state index in [0.717, 1.165) is 9.13 Å². The zero-order valence-electron chi connectivity index (χ0n) is 8.24. The van der Waals surface area contributed by atoms with Gasteiger partial charge in [0.05, 0.1) is 10.9 Å². The molecule has 1 aromatic heterocycles. The van der Waals surface area contributed by atoms with Gasteiger partial charge >= 0.3 is 5.97 Å². The van der Waals surface area contributed by atoms with Gasteiger partial charge in [-0.25, -0.2) is 4.79 Å². The number of nitrogens with one attached hydrogen (secondary N) is 1. The van der Waals surface area contributed by atoms with Crippen molar-refractivity contribution in [2.24, 2.45) is 0 Å². The molecule has 2 N–H and O–H groups in total. The van der Waals surface area contributed by atoms with Crippen LogP contribution in [0.2, 0.25) is 0 Å². The minimum absolute atomic E-state index is 0.358. The van der Waals surface area contributed by atoms with E-state index in [4.69, 9.17) is 5.11 Å². The number of rotatable bonds is 1. The molecule has 2 rings (SSSR count). The van der Waals surface area contributed by atoms with Crippen molar-refractivity contribution in [3.05, 3.63) is 37.2 Å². The number of hydrogen-bond donors (Lipinski definition) is 2. The minimum Gasteiger partial charge on any atom is -0.476 e. The summed E-state index contributed by atoms with van der Waals surface area (Å²) in [5, 5.41) is 15.3. The molecular formula is C10H7IN2O3. The molecule has 2 aromatic rings. The smallest absolute Gasteiger partial charge is 0.360 e. The normalized spacial score (nSPS) is 10.6. The van der Waals surface area contributed by atoms with Gasteiger partial charge in [-0.05, 0) is 47.2 Å². The Morgan fingerprint density at radius 3 is 2.81 bits per heavy atom. The number of benzene rings is 1. The van der Waals surface area contributed by atoms with Crippen molar-refractivity contribution < 1.29 is 9.90 Å². The van der Waals surface area contributed by atoms with E-state index in [1.807, 2.05) is 13.0 Å². The van der Waals surface area contributed by atoms with Gasteiger partial charge in [0.15, 0.2) is 0 Å². The summed E-state index contributed by atoms with van der Waals surface area (Å²) < 4.78 is 0.885. The number of halogens is 1. The first-order chi connectivity index (χ1) is 7.50. The second-order valence-corrected chi connectivity index (χ2v) is 4.60. The summed E-state index contributed by atoms with van der Waals surface area (Å²) in [5.74, 6) is -1.32. The van der Waals surface area contributed by atoms with E-state index in [-0.39, 0.29) is 0 Å². The molecule has 0 fully saturated rings. The molecule has 0 aliphatic carbocycles. The number of aromatic carboxylic acids is 1. The third-order valence-corrected chi connectivity index (χ3v) is 2.86. The van der Waals surface area contributed by atoms with Gasteiger partial charge in [0, 0.05) is 3.57 Å². The zero-order valence-corrected chi connectivity index (χ0v) is 10.4. The van der Waals surface area contributed by atoms with Gasteiger partial charge in [0.1, 0.15) is 0 Å². The predicted molar refractivity (Wildman–Crippen MR) is 66.8 cm³/mol. The summed E-state index contributed by atoms with van der Waals surface area (Å²) >= 11 is 2.08. The first-order valence-corrected chi connectivity index (χ1v) is 5.50. The Morgan fingerprint density at radius 1 is 1.50 bits per heavy atom. The van der Waals surface area contributed by atoms with E-state index in [9.17, 15) is 9.59 Å². The van der Waals surface area contributed by atoms with Crippen molar-refractivity contribution in [1.29, 1.82) is 0 Å². The first-order valence-electron chi connectivity index (χ1n) is 4.42. The highest BCUT2D eigenvalue weighted by molar-refractivity contribution is 14.1. The van der Waals surface area contributed by atoms with Crippen LogP contribution in [0.1, 0.15) is 16.1 Å². The van der Waals surface area contributed by atoms with E-state index < -0.39 is 17.1 Å². The molecule has 0 saturated heterocycles. The Balaban J connectivity index is 2.95. The van der Waals surface area contributed by atoms with Crippen LogP contribution in [0.3, 0.4) is 0 Å². The van der Waals surface area contributed by atoms with Gasteiger partial charge in [-0.15, -0.1) is 0 Å². The average molecular weight is 330 g/mol. The van der Waals surface area contributed by atoms with Crippen LogP contribution in [0, 0.1) is 10.5 Å². The fourth-order valence-electron chi connectivity index (χ4n) is 1.51. The third kappa shape index (κ3) is 1.69. The Labute approximate surface area is 104 Å². The summed E-state index contributed by atoms with van der Waals surface area (Å²) in [7, 11) is 0. The van der Waals surface area contributed by atoms with Crippen LogP contribution < -0.4 is 5.43 Å². The lowest BCUT2D eigenvalue weighted by Gasteiger charge is -2.03. The van der Waals surface area contributed by atoms with Gasteiger partial charge in [-0.2, -0.15) is 5.10 Å². The number of carboxylic acid groups (broad SMARTS) is 1. The lowest BCUT2D eigenvalue weighted by molar-refractivity contribution is 0.0688. The summed E-state index contributed by atoms with van der Waals surface area (Å²) in [6.07, 6.45) is 0. The van der Waals surface area contributed by atoms with E-state index in [1.54, 1.807) is 6.07 Å². The average Bonchev–Trinajstić information content (AvgIpc) is 2.19. The summed E-state index contributed by atoms with van der Waals surface area (Å²) in [6.45, 7) is 1.84. The molecule has 0 atom stereocenters. The molecule has 1 aromatic carbocycles. The molecule has 0 saturated carbocycles. The second-order valence-electron chi connectivity index (χ2n) is 3.35. The van der Waals surface area contributed by atoms with Crippen LogP contribution >= 0.6 is 22.6 Å². The van der Waals surface area contributed by atoms with Gasteiger partial charge in [0.25, 0.3) is 0 Å². The van der Waals surface area contributed by atoms with Crippen LogP contribution in [0.5, 0.6) is 0 Å². The second kappa shape index (κ2) is 3.85. The number of carbonyl (C=O) groups is 1. The highest BCUT2D eigenvalue weighted by Crippen LogP contribution is 2.16. The maximum atomic E-state index is 11.8. The lowest BCUT2D eigenvalue weighted by atomic mass is 10.1. The van der Waals surface area contributed by atoms with Gasteiger partial charge in [-0.1, -0.05) is 0 Å². The standard InChI is InChI=1S/C10H7IN2O3/c1-4-2-5(11)3-6-7(4)12-13-8(9(6)14)10(15)16/h2-3H,1H3,(H,12,14)(H,15,16). The minimum atomic E-state index is -1.32. The van der Waals surface area contributed by atoms with E-state index >= 15 is 0 Å². The molecular weight excluding hydrogens is 323 g/mol. The number of hydrogen-bond acceptors (Lipinski definition) is 3. The maximum Gasteiger partial charge on any atom is 0.360 e. The van der Waals surface area contributed by atoms with Crippen LogP contribution in [-0.2, 0) is 0 Å². The molecule has 6 heteroatoms. The topological polar surface area (TPSA) is 83.1 Å². The molecule has 1 heterocycles. The molecule has 0 unspecified atom stereocenters. The number of nitrogens with zero attached hydrogens (tertiary/aromatic N) is 1. The van der Waals surface area contributed by atoms with Crippen LogP contribution in [-0.4, -0.2) is 21.3 Å². The molecule has 0 radical (unpaired) electrons. The zero-order chi connectivity index (χ0) is 11.9. The lowest BCUT2D eigenvalue weighted by Crippen LogP contribution is -2.18. The number of aryl methyl sites for hydroxylation is 1. The molecule has 82 valence electrons. The van der Waals surface area contributed by atoms with Gasteiger partial charge in [0.2, 0.25) is 11.1 Å². The van der Waals surface area contributed by atoms with Crippen molar-refractivity contribution >= 4 is 39.5 Å². The van der Waals surface area contributed by atoms with Gasteiger partial charge < -0.3 is 5.11 Å². The van der Waals surface area contributed by atoms with Crippen molar-refractivity contribution in [3.8, 4) is 0 Å². The highest BCUT2D eigenvalue weighted by Gasteiger charge is 2.14. The summed E-state index contributed by atoms with van der Waals surface area (Å²) in [5.41, 5.74) is 0.413. The largest absolute Gasteiger partial charge is 0.476 e. The van der Waals surface area contributed by atoms with Crippen LogP contribution in [0.25, 0.3) is 10.9 Å². The number of H-pyrrole nitrogens is 1. The van der Waals surface area contributed by atoms with E-state index in [2.05, 4.69) is 32.8 Å². The Kier molecular flexibility index (Phi) is 2.66. The number of aromatic amines is 1. The summed E-state index contributed by atoms with van der Waals surface area (Å²) in [6, 6.07) is 3.54. The fraction of sp³-hybridized carbons (Fsp3) is 0.100. The van der Waals surface area contributed by atoms with Crippen molar-refractivity contribution in [2.75, 3.05) is 0 Å². The van der Waals surface area contributed by atoms with Crippen LogP contribution in [0.15, 0.2) is 16.9 Å². The molecule has 5 nitrogen and oxygen atoms in total. The Hall–Kier alpha value is -1.44. The van der Waals surface area contributed by atoms with Gasteiger partial charge in [-0.3, -0.25) is 9.89 Å². The Morgan fingerprint density at radius 2 is 2.19 bits per heavy atom. The predicted octanol–water partition coefficient (Wildman–Crippen LogP) is 1.53. The monoisotopic (exact) mass is 330 g/mol. The van der Waals surface area contributed by atoms with Crippen LogP contribution in [0.4, 0.5) is 0 Å². The Bertz CT molecular complexity index is 648. The number of carboxylic acids is 1. The quantitative estimate of drug-likeness (QED) is 0.777. The third-order valence-electron chi connectivity index (χ3n) is 2.24. The van der Waals surface area contributed by atoms with E-state index in [1.165, 1.54) is 0 Å². The molecule has 0 aliphatic heterocycles. The molecule has 16 heavy (non-hydrogen) atoms. The molecule has 0 amide bonds. The molecule has 0 aliphatic rings. The first kappa shape index (κ1) is 11.1. The number of aromatic nitrogens is 2. The SMILES string of the molecule is Cc1cc(I)cc2c(=O)c(C(=O)O)n[nH]c12. The van der Waals surface area contributed by atoms with Crippen molar-refractivity contribution in [1.82, 2.24) is 10.2 Å². The van der Waals surface area contributed by atoms with E-state index in [0.29, 0.717) is 10.9 Å². The highest BCUT2D eigenvalue weighted by atomic mass is 127. The maximum absolute atomic E-state index is 11.8.